The van der Waals surface area contributed by atoms with Crippen LogP contribution in [0.3, 0.4) is 0 Å². The summed E-state index contributed by atoms with van der Waals surface area (Å²) in [5, 5.41) is 2.88. The number of likely N-dealkylation sites (N-methyl/N-ethyl adjacent to an activating group) is 1. The molecule has 3 heterocycles. The van der Waals surface area contributed by atoms with E-state index in [1.807, 2.05) is 30.3 Å². The lowest BCUT2D eigenvalue weighted by Crippen LogP contribution is -2.45. The molecule has 1 amide bonds. The standard InChI is InChI=1S/C24H25N5O4/c1-27-15-18(21(30)26-13-17-9-10-25-20(11-17)33-3)12-19-22(27)28(2)24(32)29(23(19)31)14-16-7-5-4-6-8-16/h4-12H,13-15H2,1-3H3,(H,26,30). The van der Waals surface area contributed by atoms with Gasteiger partial charge in [0.15, 0.2) is 0 Å². The Labute approximate surface area is 190 Å². The molecule has 9 nitrogen and oxygen atoms in total. The van der Waals surface area contributed by atoms with Gasteiger partial charge in [0.1, 0.15) is 5.82 Å². The predicted octanol–water partition coefficient (Wildman–Crippen LogP) is 1.15. The Hall–Kier alpha value is -4.14. The number of nitrogens with one attached hydrogen (secondary N) is 1. The van der Waals surface area contributed by atoms with Gasteiger partial charge >= 0.3 is 5.69 Å². The Balaban J connectivity index is 1.65. The molecule has 0 unspecified atom stereocenters. The maximum atomic E-state index is 13.3. The SMILES string of the molecule is COc1cc(CNC(=O)C2=Cc3c(n(C)c(=O)n(Cc4ccccc4)c3=O)N(C)C2)ccn1. The van der Waals surface area contributed by atoms with Crippen molar-refractivity contribution in [2.45, 2.75) is 13.1 Å². The Bertz CT molecular complexity index is 1340. The van der Waals surface area contributed by atoms with Crippen molar-refractivity contribution in [1.29, 1.82) is 0 Å². The number of carbonyl (C=O) groups excluding carboxylic acids is 1. The van der Waals surface area contributed by atoms with Crippen LogP contribution in [0.5, 0.6) is 5.88 Å². The number of methoxy groups -OCH3 is 1. The molecule has 0 saturated carbocycles. The first kappa shape index (κ1) is 22.1. The van der Waals surface area contributed by atoms with Crippen LogP contribution in [0.2, 0.25) is 0 Å². The zero-order valence-electron chi connectivity index (χ0n) is 18.7. The molecule has 33 heavy (non-hydrogen) atoms. The summed E-state index contributed by atoms with van der Waals surface area (Å²) in [6.07, 6.45) is 3.20. The molecule has 0 radical (unpaired) electrons. The molecule has 2 aromatic heterocycles. The van der Waals surface area contributed by atoms with Gasteiger partial charge in [-0.05, 0) is 23.3 Å². The van der Waals surface area contributed by atoms with Crippen LogP contribution in [-0.2, 0) is 24.9 Å². The fraction of sp³-hybridized carbons (Fsp3) is 0.250. The van der Waals surface area contributed by atoms with E-state index in [0.717, 1.165) is 11.1 Å². The molecule has 0 saturated heterocycles. The number of fused-ring (bicyclic) bond motifs is 1. The molecule has 9 heteroatoms. The average molecular weight is 447 g/mol. The van der Waals surface area contributed by atoms with Crippen LogP contribution in [0, 0.1) is 0 Å². The average Bonchev–Trinajstić information content (AvgIpc) is 2.84. The maximum absolute atomic E-state index is 13.3. The zero-order chi connectivity index (χ0) is 23.5. The summed E-state index contributed by atoms with van der Waals surface area (Å²) >= 11 is 0. The first-order valence-electron chi connectivity index (χ1n) is 10.5. The molecule has 1 aliphatic heterocycles. The second-order valence-electron chi connectivity index (χ2n) is 7.87. The highest BCUT2D eigenvalue weighted by atomic mass is 16.5. The minimum Gasteiger partial charge on any atom is -0.481 e. The number of hydrogen-bond acceptors (Lipinski definition) is 6. The second-order valence-corrected chi connectivity index (χ2v) is 7.87. The van der Waals surface area contributed by atoms with Crippen molar-refractivity contribution < 1.29 is 9.53 Å². The van der Waals surface area contributed by atoms with Gasteiger partial charge in [-0.25, -0.2) is 9.78 Å². The van der Waals surface area contributed by atoms with Crippen LogP contribution >= 0.6 is 0 Å². The van der Waals surface area contributed by atoms with Crippen LogP contribution in [0.15, 0.2) is 63.8 Å². The summed E-state index contributed by atoms with van der Waals surface area (Å²) in [6.45, 7) is 0.716. The monoisotopic (exact) mass is 447 g/mol. The van der Waals surface area contributed by atoms with Crippen LogP contribution in [0.25, 0.3) is 6.08 Å². The quantitative estimate of drug-likeness (QED) is 0.609. The smallest absolute Gasteiger partial charge is 0.332 e. The number of pyridine rings is 1. The van der Waals surface area contributed by atoms with Gasteiger partial charge in [0.05, 0.1) is 19.2 Å². The number of nitrogens with zero attached hydrogens (tertiary/aromatic N) is 4. The Morgan fingerprint density at radius 1 is 1.12 bits per heavy atom. The first-order valence-corrected chi connectivity index (χ1v) is 10.5. The van der Waals surface area contributed by atoms with E-state index >= 15 is 0 Å². The van der Waals surface area contributed by atoms with Gasteiger partial charge in [-0.2, -0.15) is 0 Å². The highest BCUT2D eigenvalue weighted by Gasteiger charge is 2.26. The van der Waals surface area contributed by atoms with Gasteiger partial charge < -0.3 is 15.0 Å². The lowest BCUT2D eigenvalue weighted by Gasteiger charge is -2.29. The summed E-state index contributed by atoms with van der Waals surface area (Å²) in [5.74, 6) is 0.669. The number of ether oxygens (including phenoxy) is 1. The molecule has 170 valence electrons. The normalized spacial score (nSPS) is 12.7. The van der Waals surface area contributed by atoms with Crippen LogP contribution in [0.4, 0.5) is 5.82 Å². The number of hydrogen-bond donors (Lipinski definition) is 1. The zero-order valence-corrected chi connectivity index (χ0v) is 18.7. The van der Waals surface area contributed by atoms with Gasteiger partial charge in [-0.15, -0.1) is 0 Å². The lowest BCUT2D eigenvalue weighted by atomic mass is 10.1. The van der Waals surface area contributed by atoms with Crippen molar-refractivity contribution in [3.8, 4) is 5.88 Å². The minimum absolute atomic E-state index is 0.155. The lowest BCUT2D eigenvalue weighted by molar-refractivity contribution is -0.117. The number of aromatic nitrogens is 3. The molecule has 0 bridgehead atoms. The molecule has 0 fully saturated rings. The van der Waals surface area contributed by atoms with E-state index in [4.69, 9.17) is 4.74 Å². The van der Waals surface area contributed by atoms with E-state index in [9.17, 15) is 14.4 Å². The molecule has 0 atom stereocenters. The Kier molecular flexibility index (Phi) is 6.12. The molecule has 1 aromatic carbocycles. The van der Waals surface area contributed by atoms with Crippen molar-refractivity contribution in [3.05, 3.63) is 91.8 Å². The number of anilines is 1. The third kappa shape index (κ3) is 4.43. The summed E-state index contributed by atoms with van der Waals surface area (Å²) in [5.41, 5.74) is 1.61. The van der Waals surface area contributed by atoms with E-state index in [1.165, 1.54) is 16.2 Å². The van der Waals surface area contributed by atoms with E-state index in [-0.39, 0.29) is 25.5 Å². The fourth-order valence-electron chi connectivity index (χ4n) is 3.93. The van der Waals surface area contributed by atoms with Crippen LogP contribution in [0.1, 0.15) is 16.7 Å². The van der Waals surface area contributed by atoms with Crippen molar-refractivity contribution in [3.63, 3.8) is 0 Å². The van der Waals surface area contributed by atoms with Crippen molar-refractivity contribution >= 4 is 17.8 Å². The molecule has 4 rings (SSSR count). The molecular formula is C24H25N5O4. The second kappa shape index (κ2) is 9.15. The third-order valence-electron chi connectivity index (χ3n) is 5.58. The maximum Gasteiger partial charge on any atom is 0.332 e. The molecule has 1 N–H and O–H groups in total. The minimum atomic E-state index is -0.423. The number of carbonyl (C=O) groups is 1. The Morgan fingerprint density at radius 2 is 1.88 bits per heavy atom. The van der Waals surface area contributed by atoms with Gasteiger partial charge in [0, 0.05) is 45.0 Å². The van der Waals surface area contributed by atoms with Crippen molar-refractivity contribution in [2.75, 3.05) is 25.6 Å². The van der Waals surface area contributed by atoms with E-state index in [2.05, 4.69) is 10.3 Å². The van der Waals surface area contributed by atoms with E-state index in [1.54, 1.807) is 43.4 Å². The summed E-state index contributed by atoms with van der Waals surface area (Å²) in [6, 6.07) is 12.9. The number of rotatable bonds is 6. The summed E-state index contributed by atoms with van der Waals surface area (Å²) in [7, 11) is 4.92. The molecule has 3 aromatic rings. The highest BCUT2D eigenvalue weighted by Crippen LogP contribution is 2.23. The molecular weight excluding hydrogens is 422 g/mol. The summed E-state index contributed by atoms with van der Waals surface area (Å²) in [4.78, 5) is 44.9. The first-order chi connectivity index (χ1) is 15.9. The Morgan fingerprint density at radius 3 is 2.61 bits per heavy atom. The number of amides is 1. The fourth-order valence-corrected chi connectivity index (χ4v) is 3.93. The highest BCUT2D eigenvalue weighted by molar-refractivity contribution is 6.00. The molecule has 0 spiro atoms. The van der Waals surface area contributed by atoms with Crippen molar-refractivity contribution in [2.24, 2.45) is 7.05 Å². The molecule has 1 aliphatic rings. The van der Waals surface area contributed by atoms with Gasteiger partial charge in [0.2, 0.25) is 11.8 Å². The van der Waals surface area contributed by atoms with Gasteiger partial charge in [-0.3, -0.25) is 18.7 Å². The summed E-state index contributed by atoms with van der Waals surface area (Å²) < 4.78 is 7.76. The van der Waals surface area contributed by atoms with Crippen molar-refractivity contribution in [1.82, 2.24) is 19.4 Å². The largest absolute Gasteiger partial charge is 0.481 e. The topological polar surface area (TPSA) is 98.5 Å². The van der Waals surface area contributed by atoms with Gasteiger partial charge in [-0.1, -0.05) is 30.3 Å². The van der Waals surface area contributed by atoms with E-state index < -0.39 is 11.2 Å². The van der Waals surface area contributed by atoms with Crippen LogP contribution in [-0.4, -0.2) is 40.7 Å². The third-order valence-corrected chi connectivity index (χ3v) is 5.58. The van der Waals surface area contributed by atoms with E-state index in [0.29, 0.717) is 22.8 Å². The predicted molar refractivity (Wildman–Crippen MR) is 125 cm³/mol. The van der Waals surface area contributed by atoms with Crippen LogP contribution < -0.4 is 26.2 Å². The molecule has 0 aliphatic carbocycles. The number of benzene rings is 1. The van der Waals surface area contributed by atoms with Gasteiger partial charge in [0.25, 0.3) is 5.56 Å².